The largest absolute Gasteiger partial charge is 0.482 e. The molecule has 134 valence electrons. The lowest BCUT2D eigenvalue weighted by Gasteiger charge is -2.18. The minimum atomic E-state index is -0.281. The summed E-state index contributed by atoms with van der Waals surface area (Å²) in [5.41, 5.74) is 1.55. The van der Waals surface area contributed by atoms with Crippen molar-refractivity contribution in [3.05, 3.63) is 78.4 Å². The molecule has 0 atom stereocenters. The Morgan fingerprint density at radius 3 is 2.63 bits per heavy atom. The molecule has 3 aromatic rings. The molecule has 27 heavy (non-hydrogen) atoms. The van der Waals surface area contributed by atoms with Gasteiger partial charge in [0.2, 0.25) is 0 Å². The fourth-order valence-electron chi connectivity index (χ4n) is 2.69. The zero-order chi connectivity index (χ0) is 18.6. The molecule has 0 saturated heterocycles. The van der Waals surface area contributed by atoms with E-state index in [1.54, 1.807) is 42.5 Å². The molecule has 2 N–H and O–H groups in total. The summed E-state index contributed by atoms with van der Waals surface area (Å²) in [5.74, 6) is 1.33. The number of hydrogen-bond acceptors (Lipinski definition) is 4. The van der Waals surface area contributed by atoms with Crippen LogP contribution in [0.3, 0.4) is 0 Å². The summed E-state index contributed by atoms with van der Waals surface area (Å²) in [6, 6.07) is 21.4. The molecule has 0 bridgehead atoms. The Hall–Kier alpha value is -3.80. The predicted octanol–water partition coefficient (Wildman–Crippen LogP) is 4.06. The lowest BCUT2D eigenvalue weighted by Crippen LogP contribution is -2.25. The van der Waals surface area contributed by atoms with Crippen molar-refractivity contribution in [2.45, 2.75) is 0 Å². The highest BCUT2D eigenvalue weighted by molar-refractivity contribution is 6.05. The van der Waals surface area contributed by atoms with Crippen LogP contribution in [0.2, 0.25) is 0 Å². The first-order chi connectivity index (χ1) is 13.2. The molecule has 1 aliphatic heterocycles. The number of carbonyl (C=O) groups is 2. The highest BCUT2D eigenvalue weighted by atomic mass is 16.5. The van der Waals surface area contributed by atoms with Gasteiger partial charge in [-0.15, -0.1) is 0 Å². The maximum atomic E-state index is 12.6. The van der Waals surface area contributed by atoms with Gasteiger partial charge in [0.1, 0.15) is 17.2 Å². The van der Waals surface area contributed by atoms with Crippen LogP contribution in [-0.4, -0.2) is 18.4 Å². The van der Waals surface area contributed by atoms with Crippen molar-refractivity contribution in [2.24, 2.45) is 0 Å². The number of ether oxygens (including phenoxy) is 2. The van der Waals surface area contributed by atoms with Crippen LogP contribution in [0.25, 0.3) is 0 Å². The van der Waals surface area contributed by atoms with Crippen molar-refractivity contribution in [3.8, 4) is 17.2 Å². The lowest BCUT2D eigenvalue weighted by molar-refractivity contribution is -0.118. The van der Waals surface area contributed by atoms with E-state index < -0.39 is 0 Å². The summed E-state index contributed by atoms with van der Waals surface area (Å²) in [5, 5.41) is 5.53. The minimum absolute atomic E-state index is 0.00703. The average Bonchev–Trinajstić information content (AvgIpc) is 2.68. The number of anilines is 2. The SMILES string of the molecule is O=C1COc2ccc(NC(=O)c3cccc(Oc4ccccc4)c3)cc2N1. The Balaban J connectivity index is 1.49. The average molecular weight is 360 g/mol. The van der Waals surface area contributed by atoms with E-state index in [1.807, 2.05) is 30.3 Å². The summed E-state index contributed by atoms with van der Waals surface area (Å²) in [6.45, 7) is -0.00703. The quantitative estimate of drug-likeness (QED) is 0.736. The molecule has 0 spiro atoms. The number of para-hydroxylation sites is 1. The van der Waals surface area contributed by atoms with Gasteiger partial charge in [0, 0.05) is 11.3 Å². The number of hydrogen-bond donors (Lipinski definition) is 2. The number of carbonyl (C=O) groups excluding carboxylic acids is 2. The summed E-state index contributed by atoms with van der Waals surface area (Å²) in [6.07, 6.45) is 0. The fraction of sp³-hybridized carbons (Fsp3) is 0.0476. The van der Waals surface area contributed by atoms with Crippen LogP contribution in [0, 0.1) is 0 Å². The molecule has 0 fully saturated rings. The number of amides is 2. The third kappa shape index (κ3) is 3.90. The van der Waals surface area contributed by atoms with Gasteiger partial charge in [-0.2, -0.15) is 0 Å². The van der Waals surface area contributed by atoms with Gasteiger partial charge in [0.15, 0.2) is 6.61 Å². The van der Waals surface area contributed by atoms with Crippen molar-refractivity contribution in [1.29, 1.82) is 0 Å². The molecule has 6 nitrogen and oxygen atoms in total. The van der Waals surface area contributed by atoms with Crippen molar-refractivity contribution >= 4 is 23.2 Å². The van der Waals surface area contributed by atoms with Crippen molar-refractivity contribution in [3.63, 3.8) is 0 Å². The van der Waals surface area contributed by atoms with Crippen LogP contribution < -0.4 is 20.1 Å². The second-order valence-corrected chi connectivity index (χ2v) is 5.94. The van der Waals surface area contributed by atoms with Crippen molar-refractivity contribution in [1.82, 2.24) is 0 Å². The number of benzene rings is 3. The first-order valence-electron chi connectivity index (χ1n) is 8.38. The summed E-state index contributed by atoms with van der Waals surface area (Å²) >= 11 is 0. The normalized spacial score (nSPS) is 12.4. The highest BCUT2D eigenvalue weighted by Crippen LogP contribution is 2.30. The topological polar surface area (TPSA) is 76.7 Å². The molecule has 0 unspecified atom stereocenters. The molecule has 1 aliphatic rings. The zero-order valence-corrected chi connectivity index (χ0v) is 14.3. The maximum absolute atomic E-state index is 12.6. The molecular formula is C21H16N2O4. The molecule has 6 heteroatoms. The van der Waals surface area contributed by atoms with Crippen LogP contribution in [0.5, 0.6) is 17.2 Å². The number of rotatable bonds is 4. The van der Waals surface area contributed by atoms with Crippen LogP contribution in [-0.2, 0) is 4.79 Å². The zero-order valence-electron chi connectivity index (χ0n) is 14.3. The molecule has 0 radical (unpaired) electrons. The van der Waals surface area contributed by atoms with E-state index in [9.17, 15) is 9.59 Å². The fourth-order valence-corrected chi connectivity index (χ4v) is 2.69. The lowest BCUT2D eigenvalue weighted by atomic mass is 10.2. The number of nitrogens with one attached hydrogen (secondary N) is 2. The van der Waals surface area contributed by atoms with Crippen LogP contribution in [0.15, 0.2) is 72.8 Å². The summed E-state index contributed by atoms with van der Waals surface area (Å²) in [4.78, 5) is 24.0. The van der Waals surface area contributed by atoms with Gasteiger partial charge in [0.25, 0.3) is 11.8 Å². The van der Waals surface area contributed by atoms with Gasteiger partial charge in [-0.3, -0.25) is 9.59 Å². The third-order valence-corrected chi connectivity index (χ3v) is 3.95. The molecule has 3 aromatic carbocycles. The Morgan fingerprint density at radius 1 is 0.963 bits per heavy atom. The molecule has 2 amide bonds. The van der Waals surface area contributed by atoms with E-state index >= 15 is 0 Å². The molecule has 0 aliphatic carbocycles. The second-order valence-electron chi connectivity index (χ2n) is 5.94. The van der Waals surface area contributed by atoms with E-state index in [1.165, 1.54) is 0 Å². The number of fused-ring (bicyclic) bond motifs is 1. The molecular weight excluding hydrogens is 344 g/mol. The van der Waals surface area contributed by atoms with Gasteiger partial charge < -0.3 is 20.1 Å². The Morgan fingerprint density at radius 2 is 1.78 bits per heavy atom. The minimum Gasteiger partial charge on any atom is -0.482 e. The Labute approximate surface area is 155 Å². The van der Waals surface area contributed by atoms with Gasteiger partial charge in [-0.25, -0.2) is 0 Å². The Kier molecular flexibility index (Phi) is 4.45. The van der Waals surface area contributed by atoms with E-state index in [0.717, 1.165) is 0 Å². The van der Waals surface area contributed by atoms with Crippen molar-refractivity contribution < 1.29 is 19.1 Å². The van der Waals surface area contributed by atoms with Crippen LogP contribution in [0.4, 0.5) is 11.4 Å². The summed E-state index contributed by atoms with van der Waals surface area (Å²) < 4.78 is 11.1. The van der Waals surface area contributed by atoms with Gasteiger partial charge >= 0.3 is 0 Å². The van der Waals surface area contributed by atoms with Gasteiger partial charge in [-0.05, 0) is 48.5 Å². The van der Waals surface area contributed by atoms with E-state index in [0.29, 0.717) is 34.2 Å². The van der Waals surface area contributed by atoms with E-state index in [-0.39, 0.29) is 18.4 Å². The van der Waals surface area contributed by atoms with Crippen LogP contribution >= 0.6 is 0 Å². The molecule has 0 aromatic heterocycles. The molecule has 4 rings (SSSR count). The van der Waals surface area contributed by atoms with E-state index in [2.05, 4.69) is 10.6 Å². The van der Waals surface area contributed by atoms with Crippen LogP contribution in [0.1, 0.15) is 10.4 Å². The van der Waals surface area contributed by atoms with Crippen molar-refractivity contribution in [2.75, 3.05) is 17.2 Å². The third-order valence-electron chi connectivity index (χ3n) is 3.95. The second kappa shape index (κ2) is 7.21. The Bertz CT molecular complexity index is 1000. The first kappa shape index (κ1) is 16.7. The maximum Gasteiger partial charge on any atom is 0.262 e. The van der Waals surface area contributed by atoms with Gasteiger partial charge in [0.05, 0.1) is 5.69 Å². The van der Waals surface area contributed by atoms with Gasteiger partial charge in [-0.1, -0.05) is 24.3 Å². The highest BCUT2D eigenvalue weighted by Gasteiger charge is 2.17. The molecule has 0 saturated carbocycles. The standard InChI is InChI=1S/C21H16N2O4/c24-20-13-26-19-10-9-15(12-18(19)23-20)22-21(25)14-5-4-8-17(11-14)27-16-6-2-1-3-7-16/h1-12H,13H2,(H,22,25)(H,23,24). The monoisotopic (exact) mass is 360 g/mol. The summed E-state index contributed by atoms with van der Waals surface area (Å²) in [7, 11) is 0. The van der Waals surface area contributed by atoms with E-state index in [4.69, 9.17) is 9.47 Å². The predicted molar refractivity (Wildman–Crippen MR) is 101 cm³/mol. The first-order valence-corrected chi connectivity index (χ1v) is 8.38. The smallest absolute Gasteiger partial charge is 0.262 e. The molecule has 1 heterocycles.